The third-order valence-electron chi connectivity index (χ3n) is 3.93. The molecule has 1 unspecified atom stereocenters. The van der Waals surface area contributed by atoms with Gasteiger partial charge in [0.15, 0.2) is 0 Å². The first-order chi connectivity index (χ1) is 10.2. The minimum Gasteiger partial charge on any atom is -0.481 e. The van der Waals surface area contributed by atoms with Gasteiger partial charge in [-0.3, -0.25) is 13.9 Å². The molecule has 0 aromatic heterocycles. The van der Waals surface area contributed by atoms with Gasteiger partial charge in [0.05, 0.1) is 0 Å². The van der Waals surface area contributed by atoms with Gasteiger partial charge < -0.3 is 10.8 Å². The van der Waals surface area contributed by atoms with Crippen molar-refractivity contribution in [1.82, 2.24) is 0 Å². The van der Waals surface area contributed by atoms with Crippen molar-refractivity contribution in [2.75, 3.05) is 0 Å². The summed E-state index contributed by atoms with van der Waals surface area (Å²) in [6.45, 7) is 0. The van der Waals surface area contributed by atoms with Crippen LogP contribution in [-0.4, -0.2) is 34.6 Å². The van der Waals surface area contributed by atoms with E-state index in [9.17, 15) is 4.79 Å². The maximum atomic E-state index is 10.4. The Morgan fingerprint density at radius 3 is 2.00 bits per heavy atom. The second-order valence-corrected chi connectivity index (χ2v) is 6.75. The molecule has 132 valence electrons. The number of carboxylic acids is 1. The Morgan fingerprint density at radius 2 is 1.55 bits per heavy atom. The van der Waals surface area contributed by atoms with Crippen LogP contribution in [0.15, 0.2) is 0 Å². The Morgan fingerprint density at radius 1 is 1.05 bits per heavy atom. The fourth-order valence-electron chi connectivity index (χ4n) is 2.81. The molecule has 0 amide bonds. The molecule has 0 bridgehead atoms. The van der Waals surface area contributed by atoms with Crippen molar-refractivity contribution in [3.8, 4) is 0 Å². The van der Waals surface area contributed by atoms with Crippen LogP contribution >= 0.6 is 0 Å². The SMILES string of the molecule is NC(CCCCCC(=O)O)C1CCCCCC1.O=S(=O)(O)O. The summed E-state index contributed by atoms with van der Waals surface area (Å²) in [5.41, 5.74) is 6.24. The summed E-state index contributed by atoms with van der Waals surface area (Å²) in [6, 6.07) is 0.345. The number of aliphatic carboxylic acids is 1. The van der Waals surface area contributed by atoms with Gasteiger partial charge in [-0.2, -0.15) is 8.42 Å². The highest BCUT2D eigenvalue weighted by Crippen LogP contribution is 2.26. The van der Waals surface area contributed by atoms with Crippen LogP contribution < -0.4 is 5.73 Å². The van der Waals surface area contributed by atoms with Crippen LogP contribution in [0.4, 0.5) is 0 Å². The zero-order valence-electron chi connectivity index (χ0n) is 13.0. The molecule has 0 aromatic rings. The molecular weight excluding hydrogens is 310 g/mol. The summed E-state index contributed by atoms with van der Waals surface area (Å²) < 4.78 is 31.6. The molecule has 7 nitrogen and oxygen atoms in total. The largest absolute Gasteiger partial charge is 0.481 e. The Bertz CT molecular complexity index is 382. The van der Waals surface area contributed by atoms with E-state index in [0.29, 0.717) is 12.5 Å². The minimum absolute atomic E-state index is 0.304. The van der Waals surface area contributed by atoms with Gasteiger partial charge in [-0.1, -0.05) is 38.5 Å². The van der Waals surface area contributed by atoms with Crippen LogP contribution in [0.1, 0.15) is 70.6 Å². The maximum Gasteiger partial charge on any atom is 0.394 e. The van der Waals surface area contributed by atoms with Gasteiger partial charge in [0.1, 0.15) is 0 Å². The third kappa shape index (κ3) is 15.7. The highest BCUT2D eigenvalue weighted by atomic mass is 32.3. The molecule has 0 aromatic carbocycles. The van der Waals surface area contributed by atoms with Crippen LogP contribution in [0.2, 0.25) is 0 Å². The van der Waals surface area contributed by atoms with E-state index < -0.39 is 16.4 Å². The molecule has 1 aliphatic carbocycles. The van der Waals surface area contributed by atoms with Crippen molar-refractivity contribution >= 4 is 16.4 Å². The Labute approximate surface area is 132 Å². The number of rotatable bonds is 7. The predicted molar refractivity (Wildman–Crippen MR) is 84.1 cm³/mol. The molecule has 1 fully saturated rings. The van der Waals surface area contributed by atoms with Crippen LogP contribution in [0.25, 0.3) is 0 Å². The summed E-state index contributed by atoms with van der Waals surface area (Å²) in [7, 11) is -4.67. The van der Waals surface area contributed by atoms with Gasteiger partial charge in [-0.05, 0) is 31.6 Å². The average molecular weight is 339 g/mol. The summed E-state index contributed by atoms with van der Waals surface area (Å²) >= 11 is 0. The van der Waals surface area contributed by atoms with E-state index in [-0.39, 0.29) is 0 Å². The Hall–Kier alpha value is -0.700. The first-order valence-electron chi connectivity index (χ1n) is 7.87. The van der Waals surface area contributed by atoms with E-state index in [2.05, 4.69) is 0 Å². The van der Waals surface area contributed by atoms with Crippen molar-refractivity contribution in [1.29, 1.82) is 0 Å². The maximum absolute atomic E-state index is 10.4. The average Bonchev–Trinajstić information content (AvgIpc) is 2.64. The van der Waals surface area contributed by atoms with E-state index in [4.69, 9.17) is 28.4 Å². The number of unbranched alkanes of at least 4 members (excludes halogenated alkanes) is 2. The lowest BCUT2D eigenvalue weighted by atomic mass is 9.89. The molecular formula is C14H29NO6S. The molecule has 22 heavy (non-hydrogen) atoms. The summed E-state index contributed by atoms with van der Waals surface area (Å²) in [6.07, 6.45) is 12.3. The Kier molecular flexibility index (Phi) is 11.4. The number of hydrogen-bond donors (Lipinski definition) is 4. The summed E-state index contributed by atoms with van der Waals surface area (Å²) in [4.78, 5) is 10.4. The topological polar surface area (TPSA) is 138 Å². The summed E-state index contributed by atoms with van der Waals surface area (Å²) in [5, 5.41) is 8.53. The van der Waals surface area contributed by atoms with Crippen LogP contribution in [-0.2, 0) is 15.2 Å². The van der Waals surface area contributed by atoms with Gasteiger partial charge >= 0.3 is 16.4 Å². The lowest BCUT2D eigenvalue weighted by Gasteiger charge is -2.22. The molecule has 1 atom stereocenters. The lowest BCUT2D eigenvalue weighted by molar-refractivity contribution is -0.137. The van der Waals surface area contributed by atoms with Crippen molar-refractivity contribution < 1.29 is 27.4 Å². The van der Waals surface area contributed by atoms with Crippen LogP contribution in [0, 0.1) is 5.92 Å². The van der Waals surface area contributed by atoms with Crippen molar-refractivity contribution in [2.45, 2.75) is 76.7 Å². The van der Waals surface area contributed by atoms with Crippen LogP contribution in [0.5, 0.6) is 0 Å². The second kappa shape index (κ2) is 11.8. The standard InChI is InChI=1S/C14H27NO2.H2O4S/c15-13(10-6-3-7-11-14(16)17)12-8-4-1-2-5-9-12;1-5(2,3)4/h12-13H,1-11,15H2,(H,16,17);(H2,1,2,3,4). The molecule has 0 aliphatic heterocycles. The number of carbonyl (C=O) groups is 1. The Balaban J connectivity index is 0.000000763. The molecule has 0 heterocycles. The number of nitrogens with two attached hydrogens (primary N) is 1. The highest BCUT2D eigenvalue weighted by Gasteiger charge is 2.18. The van der Waals surface area contributed by atoms with Gasteiger partial charge in [-0.25, -0.2) is 0 Å². The number of carboxylic acid groups (broad SMARTS) is 1. The quantitative estimate of drug-likeness (QED) is 0.318. The molecule has 0 radical (unpaired) electrons. The van der Waals surface area contributed by atoms with Gasteiger partial charge in [0, 0.05) is 12.5 Å². The predicted octanol–water partition coefficient (Wildman–Crippen LogP) is 2.67. The van der Waals surface area contributed by atoms with Gasteiger partial charge in [-0.15, -0.1) is 0 Å². The third-order valence-corrected chi connectivity index (χ3v) is 3.93. The van der Waals surface area contributed by atoms with E-state index in [1.165, 1.54) is 38.5 Å². The first kappa shape index (κ1) is 21.3. The lowest BCUT2D eigenvalue weighted by Crippen LogP contribution is -2.29. The number of hydrogen-bond acceptors (Lipinski definition) is 4. The zero-order valence-corrected chi connectivity index (χ0v) is 13.8. The molecule has 0 spiro atoms. The molecule has 0 saturated heterocycles. The van der Waals surface area contributed by atoms with E-state index >= 15 is 0 Å². The zero-order chi connectivity index (χ0) is 17.0. The van der Waals surface area contributed by atoms with Gasteiger partial charge in [0.25, 0.3) is 0 Å². The fourth-order valence-corrected chi connectivity index (χ4v) is 2.81. The minimum atomic E-state index is -4.67. The van der Waals surface area contributed by atoms with E-state index in [1.54, 1.807) is 0 Å². The van der Waals surface area contributed by atoms with E-state index in [1.807, 2.05) is 0 Å². The molecule has 5 N–H and O–H groups in total. The molecule has 1 rings (SSSR count). The summed E-state index contributed by atoms with van der Waals surface area (Å²) in [5.74, 6) is 0.0371. The molecule has 1 saturated carbocycles. The smallest absolute Gasteiger partial charge is 0.394 e. The van der Waals surface area contributed by atoms with Crippen molar-refractivity contribution in [3.05, 3.63) is 0 Å². The highest BCUT2D eigenvalue weighted by molar-refractivity contribution is 7.79. The second-order valence-electron chi connectivity index (χ2n) is 5.86. The monoisotopic (exact) mass is 339 g/mol. The first-order valence-corrected chi connectivity index (χ1v) is 9.27. The van der Waals surface area contributed by atoms with Crippen molar-refractivity contribution in [2.24, 2.45) is 11.7 Å². The van der Waals surface area contributed by atoms with E-state index in [0.717, 1.165) is 31.6 Å². The van der Waals surface area contributed by atoms with Crippen LogP contribution in [0.3, 0.4) is 0 Å². The van der Waals surface area contributed by atoms with Crippen molar-refractivity contribution in [3.63, 3.8) is 0 Å². The fraction of sp³-hybridized carbons (Fsp3) is 0.929. The normalized spacial score (nSPS) is 18.0. The molecule has 1 aliphatic rings. The molecule has 8 heteroatoms. The van der Waals surface area contributed by atoms with Gasteiger partial charge in [0.2, 0.25) is 0 Å².